The van der Waals surface area contributed by atoms with Gasteiger partial charge in [-0.15, -0.1) is 0 Å². The molecule has 1 heterocycles. The van der Waals surface area contributed by atoms with Gasteiger partial charge in [0, 0.05) is 5.56 Å². The van der Waals surface area contributed by atoms with Crippen molar-refractivity contribution < 1.29 is 9.90 Å². The number of nitrogens with zero attached hydrogens (tertiary/aromatic N) is 1. The normalized spacial score (nSPS) is 10.4. The molecule has 0 spiro atoms. The summed E-state index contributed by atoms with van der Waals surface area (Å²) >= 11 is 0. The Morgan fingerprint density at radius 1 is 0.950 bits per heavy atom. The maximum absolute atomic E-state index is 10.9. The van der Waals surface area contributed by atoms with E-state index in [4.69, 9.17) is 5.11 Å². The molecule has 0 aliphatic rings. The van der Waals surface area contributed by atoms with Gasteiger partial charge in [-0.05, 0) is 11.1 Å². The molecule has 98 valence electrons. The van der Waals surface area contributed by atoms with Crippen molar-refractivity contribution in [3.63, 3.8) is 0 Å². The fraction of sp³-hybridized carbons (Fsp3) is 0. The average molecular weight is 264 g/mol. The van der Waals surface area contributed by atoms with Crippen molar-refractivity contribution >= 4 is 5.97 Å². The Morgan fingerprint density at radius 3 is 2.25 bits per heavy atom. The summed E-state index contributed by atoms with van der Waals surface area (Å²) < 4.78 is 0. The predicted molar refractivity (Wildman–Crippen MR) is 76.4 cm³/mol. The highest BCUT2D eigenvalue weighted by Crippen LogP contribution is 2.29. The lowest BCUT2D eigenvalue weighted by atomic mass is 9.99. The fourth-order valence-corrected chi connectivity index (χ4v) is 2.13. The molecule has 0 radical (unpaired) electrons. The smallest absolute Gasteiger partial charge is 0.353 e. The number of aromatic amines is 1. The van der Waals surface area contributed by atoms with Gasteiger partial charge in [0.15, 0.2) is 0 Å². The molecule has 20 heavy (non-hydrogen) atoms. The lowest BCUT2D eigenvalue weighted by molar-refractivity contribution is 0.0691. The van der Waals surface area contributed by atoms with Gasteiger partial charge in [0.25, 0.3) is 0 Å². The second kappa shape index (κ2) is 5.01. The fourth-order valence-electron chi connectivity index (χ4n) is 2.13. The molecule has 4 nitrogen and oxygen atoms in total. The minimum absolute atomic E-state index is 0.0860. The maximum atomic E-state index is 10.9. The first-order valence-corrected chi connectivity index (χ1v) is 6.19. The van der Waals surface area contributed by atoms with Gasteiger partial charge in [-0.2, -0.15) is 0 Å². The SMILES string of the molecule is O=C(O)c1cnc(-c2ccccc2-c2ccccc2)[nH]1. The van der Waals surface area contributed by atoms with E-state index in [1.807, 2.05) is 54.6 Å². The van der Waals surface area contributed by atoms with Gasteiger partial charge in [-0.25, -0.2) is 9.78 Å². The van der Waals surface area contributed by atoms with Gasteiger partial charge in [0.1, 0.15) is 11.5 Å². The molecule has 3 aromatic rings. The molecule has 2 N–H and O–H groups in total. The second-order valence-electron chi connectivity index (χ2n) is 4.36. The molecular weight excluding hydrogens is 252 g/mol. The van der Waals surface area contributed by atoms with E-state index in [2.05, 4.69) is 9.97 Å². The van der Waals surface area contributed by atoms with E-state index >= 15 is 0 Å². The van der Waals surface area contributed by atoms with Crippen LogP contribution in [-0.4, -0.2) is 21.0 Å². The third-order valence-electron chi connectivity index (χ3n) is 3.07. The topological polar surface area (TPSA) is 66.0 Å². The minimum atomic E-state index is -1.01. The molecule has 2 aromatic carbocycles. The van der Waals surface area contributed by atoms with Crippen LogP contribution in [-0.2, 0) is 0 Å². The van der Waals surface area contributed by atoms with Crippen molar-refractivity contribution in [3.8, 4) is 22.5 Å². The molecule has 4 heteroatoms. The Labute approximate surface area is 115 Å². The number of H-pyrrole nitrogens is 1. The zero-order chi connectivity index (χ0) is 13.9. The van der Waals surface area contributed by atoms with Crippen LogP contribution in [0.4, 0.5) is 0 Å². The third-order valence-corrected chi connectivity index (χ3v) is 3.07. The highest BCUT2D eigenvalue weighted by atomic mass is 16.4. The summed E-state index contributed by atoms with van der Waals surface area (Å²) in [6, 6.07) is 17.7. The Bertz CT molecular complexity index is 748. The molecular formula is C16H12N2O2. The van der Waals surface area contributed by atoms with Crippen LogP contribution < -0.4 is 0 Å². The van der Waals surface area contributed by atoms with Gasteiger partial charge in [-0.1, -0.05) is 54.6 Å². The Morgan fingerprint density at radius 2 is 1.60 bits per heavy atom. The number of aromatic carboxylic acids is 1. The standard InChI is InChI=1S/C16H12N2O2/c19-16(20)14-10-17-15(18-14)13-9-5-4-8-12(13)11-6-2-1-3-7-11/h1-10H,(H,17,18)(H,19,20). The highest BCUT2D eigenvalue weighted by molar-refractivity contribution is 5.87. The maximum Gasteiger partial charge on any atom is 0.353 e. The second-order valence-corrected chi connectivity index (χ2v) is 4.36. The van der Waals surface area contributed by atoms with Gasteiger partial charge >= 0.3 is 5.97 Å². The van der Waals surface area contributed by atoms with Gasteiger partial charge in [-0.3, -0.25) is 0 Å². The van der Waals surface area contributed by atoms with E-state index in [0.717, 1.165) is 16.7 Å². The van der Waals surface area contributed by atoms with E-state index in [1.165, 1.54) is 6.20 Å². The minimum Gasteiger partial charge on any atom is -0.477 e. The number of carbonyl (C=O) groups is 1. The molecule has 0 bridgehead atoms. The first-order chi connectivity index (χ1) is 9.75. The number of carboxylic acids is 1. The monoisotopic (exact) mass is 264 g/mol. The van der Waals surface area contributed by atoms with E-state index in [1.54, 1.807) is 0 Å². The highest BCUT2D eigenvalue weighted by Gasteiger charge is 2.12. The Kier molecular flexibility index (Phi) is 3.05. The number of carboxylic acid groups (broad SMARTS) is 1. The van der Waals surface area contributed by atoms with Crippen LogP contribution in [0.25, 0.3) is 22.5 Å². The van der Waals surface area contributed by atoms with Gasteiger partial charge < -0.3 is 10.1 Å². The summed E-state index contributed by atoms with van der Waals surface area (Å²) in [5.74, 6) is -0.456. The van der Waals surface area contributed by atoms with Crippen molar-refractivity contribution in [2.45, 2.75) is 0 Å². The molecule has 0 aliphatic carbocycles. The summed E-state index contributed by atoms with van der Waals surface area (Å²) in [5.41, 5.74) is 3.05. The number of hydrogen-bond acceptors (Lipinski definition) is 2. The van der Waals surface area contributed by atoms with Crippen LogP contribution in [0.15, 0.2) is 60.8 Å². The van der Waals surface area contributed by atoms with Crippen molar-refractivity contribution in [1.82, 2.24) is 9.97 Å². The van der Waals surface area contributed by atoms with Crippen LogP contribution in [0.1, 0.15) is 10.5 Å². The number of benzene rings is 2. The van der Waals surface area contributed by atoms with E-state index in [9.17, 15) is 4.79 Å². The van der Waals surface area contributed by atoms with Gasteiger partial charge in [0.2, 0.25) is 0 Å². The van der Waals surface area contributed by atoms with E-state index in [-0.39, 0.29) is 5.69 Å². The lowest BCUT2D eigenvalue weighted by Crippen LogP contribution is -1.95. The number of imidazole rings is 1. The van der Waals surface area contributed by atoms with Crippen LogP contribution in [0.2, 0.25) is 0 Å². The number of hydrogen-bond donors (Lipinski definition) is 2. The Balaban J connectivity index is 2.12. The number of aromatic nitrogens is 2. The summed E-state index contributed by atoms with van der Waals surface area (Å²) in [4.78, 5) is 17.9. The molecule has 1 aromatic heterocycles. The van der Waals surface area contributed by atoms with Crippen LogP contribution in [0, 0.1) is 0 Å². The van der Waals surface area contributed by atoms with Crippen molar-refractivity contribution in [3.05, 3.63) is 66.5 Å². The molecule has 0 atom stereocenters. The van der Waals surface area contributed by atoms with E-state index < -0.39 is 5.97 Å². The van der Waals surface area contributed by atoms with Crippen LogP contribution >= 0.6 is 0 Å². The first-order valence-electron chi connectivity index (χ1n) is 6.19. The molecule has 0 unspecified atom stereocenters. The number of nitrogens with one attached hydrogen (secondary N) is 1. The van der Waals surface area contributed by atoms with E-state index in [0.29, 0.717) is 5.82 Å². The zero-order valence-electron chi connectivity index (χ0n) is 10.6. The zero-order valence-corrected chi connectivity index (χ0v) is 10.6. The van der Waals surface area contributed by atoms with Crippen molar-refractivity contribution in [1.29, 1.82) is 0 Å². The largest absolute Gasteiger partial charge is 0.477 e. The molecule has 0 aliphatic heterocycles. The predicted octanol–water partition coefficient (Wildman–Crippen LogP) is 3.44. The van der Waals surface area contributed by atoms with Gasteiger partial charge in [0.05, 0.1) is 6.20 Å². The average Bonchev–Trinajstić information content (AvgIpc) is 2.98. The first kappa shape index (κ1) is 12.2. The summed E-state index contributed by atoms with van der Waals surface area (Å²) in [6.45, 7) is 0. The third kappa shape index (κ3) is 2.19. The molecule has 0 amide bonds. The van der Waals surface area contributed by atoms with Crippen molar-refractivity contribution in [2.75, 3.05) is 0 Å². The quantitative estimate of drug-likeness (QED) is 0.761. The number of rotatable bonds is 3. The molecule has 3 rings (SSSR count). The summed E-state index contributed by atoms with van der Waals surface area (Å²) in [5, 5.41) is 8.96. The molecule has 0 fully saturated rings. The summed E-state index contributed by atoms with van der Waals surface area (Å²) in [7, 11) is 0. The summed E-state index contributed by atoms with van der Waals surface area (Å²) in [6.07, 6.45) is 1.33. The lowest BCUT2D eigenvalue weighted by Gasteiger charge is -2.07. The molecule has 0 saturated heterocycles. The Hall–Kier alpha value is -2.88. The molecule has 0 saturated carbocycles. The van der Waals surface area contributed by atoms with Crippen LogP contribution in [0.3, 0.4) is 0 Å². The van der Waals surface area contributed by atoms with Crippen LogP contribution in [0.5, 0.6) is 0 Å². The van der Waals surface area contributed by atoms with Crippen molar-refractivity contribution in [2.24, 2.45) is 0 Å².